The molecule has 1 fully saturated rings. The molecule has 2 N–H and O–H groups in total. The molecule has 2 aromatic heterocycles. The van der Waals surface area contributed by atoms with Crippen LogP contribution in [0.5, 0.6) is 0 Å². The Balaban J connectivity index is 1.63. The lowest BCUT2D eigenvalue weighted by Crippen LogP contribution is -2.35. The molecule has 2 aliphatic rings. The summed E-state index contributed by atoms with van der Waals surface area (Å²) < 4.78 is 1.50. The quantitative estimate of drug-likeness (QED) is 0.818. The summed E-state index contributed by atoms with van der Waals surface area (Å²) in [4.78, 5) is 30.5. The van der Waals surface area contributed by atoms with Crippen molar-refractivity contribution in [3.8, 4) is 0 Å². The monoisotopic (exact) mass is 363 g/mol. The molecule has 0 atom stereocenters. The van der Waals surface area contributed by atoms with Gasteiger partial charge in [0.2, 0.25) is 10.7 Å². The van der Waals surface area contributed by atoms with Gasteiger partial charge in [-0.25, -0.2) is 0 Å². The maximum atomic E-state index is 12.9. The summed E-state index contributed by atoms with van der Waals surface area (Å²) in [6.45, 7) is 0. The zero-order chi connectivity index (χ0) is 16.7. The third kappa shape index (κ3) is 2.84. The SMILES string of the molecule is O=C(CC1CCCCC1)Nn1c(=S)[nH]c2sc3c(c2c1=O)CCC3. The highest BCUT2D eigenvalue weighted by Crippen LogP contribution is 2.34. The summed E-state index contributed by atoms with van der Waals surface area (Å²) in [6.07, 6.45) is 9.41. The van der Waals surface area contributed by atoms with Crippen molar-refractivity contribution in [2.24, 2.45) is 5.92 Å². The van der Waals surface area contributed by atoms with Crippen molar-refractivity contribution in [2.45, 2.75) is 57.8 Å². The summed E-state index contributed by atoms with van der Waals surface area (Å²) in [6, 6.07) is 0. The lowest BCUT2D eigenvalue weighted by atomic mass is 9.87. The third-order valence-corrected chi connectivity index (χ3v) is 6.69. The number of H-pyrrole nitrogens is 1. The minimum absolute atomic E-state index is 0.116. The van der Waals surface area contributed by atoms with Gasteiger partial charge in [0.1, 0.15) is 4.83 Å². The molecule has 0 saturated heterocycles. The summed E-state index contributed by atoms with van der Waals surface area (Å²) in [5.41, 5.74) is 3.68. The van der Waals surface area contributed by atoms with Crippen LogP contribution in [0.4, 0.5) is 0 Å². The molecule has 2 aliphatic carbocycles. The van der Waals surface area contributed by atoms with E-state index < -0.39 is 0 Å². The largest absolute Gasteiger partial charge is 0.322 e. The predicted octanol–water partition coefficient (Wildman–Crippen LogP) is 3.65. The van der Waals surface area contributed by atoms with Gasteiger partial charge in [0, 0.05) is 11.3 Å². The Labute approximate surface area is 149 Å². The molecule has 2 aromatic rings. The maximum absolute atomic E-state index is 12.9. The van der Waals surface area contributed by atoms with Crippen molar-refractivity contribution < 1.29 is 4.79 Å². The van der Waals surface area contributed by atoms with E-state index in [1.54, 1.807) is 11.3 Å². The van der Waals surface area contributed by atoms with Gasteiger partial charge in [-0.2, -0.15) is 4.68 Å². The number of nitrogens with zero attached hydrogens (tertiary/aromatic N) is 1. The first-order valence-electron chi connectivity index (χ1n) is 8.73. The van der Waals surface area contributed by atoms with Gasteiger partial charge in [0.05, 0.1) is 5.39 Å². The third-order valence-electron chi connectivity index (χ3n) is 5.20. The molecule has 2 heterocycles. The van der Waals surface area contributed by atoms with E-state index >= 15 is 0 Å². The van der Waals surface area contributed by atoms with Gasteiger partial charge in [0.15, 0.2) is 0 Å². The average Bonchev–Trinajstić information content (AvgIpc) is 3.12. The number of fused-ring (bicyclic) bond motifs is 3. The van der Waals surface area contributed by atoms with E-state index in [0.717, 1.165) is 42.5 Å². The number of hydrogen-bond donors (Lipinski definition) is 2. The number of nitrogens with one attached hydrogen (secondary N) is 2. The maximum Gasteiger partial charge on any atom is 0.282 e. The first kappa shape index (κ1) is 16.0. The fourth-order valence-electron chi connectivity index (χ4n) is 4.00. The van der Waals surface area contributed by atoms with Gasteiger partial charge >= 0.3 is 0 Å². The standard InChI is InChI=1S/C17H21N3O2S2/c21-13(9-10-5-2-1-3-6-10)19-20-16(22)14-11-7-4-8-12(11)24-15(14)18-17(20)23/h10H,1-9H2,(H,18,23)(H,19,21). The van der Waals surface area contributed by atoms with Crippen LogP contribution in [-0.2, 0) is 17.6 Å². The van der Waals surface area contributed by atoms with Crippen molar-refractivity contribution in [1.29, 1.82) is 0 Å². The lowest BCUT2D eigenvalue weighted by Gasteiger charge is -2.21. The highest BCUT2D eigenvalue weighted by Gasteiger charge is 2.22. The normalized spacial score (nSPS) is 18.0. The smallest absolute Gasteiger partial charge is 0.282 e. The highest BCUT2D eigenvalue weighted by molar-refractivity contribution is 7.71. The molecular formula is C17H21N3O2S2. The Morgan fingerprint density at radius 3 is 2.83 bits per heavy atom. The number of rotatable bonds is 3. The van der Waals surface area contributed by atoms with Gasteiger partial charge < -0.3 is 4.98 Å². The molecule has 0 radical (unpaired) electrons. The Morgan fingerprint density at radius 2 is 2.04 bits per heavy atom. The van der Waals surface area contributed by atoms with Crippen LogP contribution in [0.25, 0.3) is 10.2 Å². The second-order valence-corrected chi connectivity index (χ2v) is 8.37. The van der Waals surface area contributed by atoms with Crippen molar-refractivity contribution in [1.82, 2.24) is 9.66 Å². The van der Waals surface area contributed by atoms with Crippen LogP contribution in [0.2, 0.25) is 0 Å². The Hall–Kier alpha value is -1.47. The summed E-state index contributed by atoms with van der Waals surface area (Å²) in [5.74, 6) is 0.316. The van der Waals surface area contributed by atoms with Gasteiger partial charge in [0.25, 0.3) is 5.56 Å². The van der Waals surface area contributed by atoms with Crippen LogP contribution >= 0.6 is 23.6 Å². The summed E-state index contributed by atoms with van der Waals surface area (Å²) >= 11 is 6.92. The molecule has 7 heteroatoms. The van der Waals surface area contributed by atoms with E-state index in [2.05, 4.69) is 10.4 Å². The highest BCUT2D eigenvalue weighted by atomic mass is 32.1. The van der Waals surface area contributed by atoms with Crippen LogP contribution in [0, 0.1) is 10.7 Å². The first-order chi connectivity index (χ1) is 11.6. The zero-order valence-electron chi connectivity index (χ0n) is 13.5. The molecule has 1 amide bonds. The molecule has 0 bridgehead atoms. The predicted molar refractivity (Wildman–Crippen MR) is 98.9 cm³/mol. The molecule has 0 aliphatic heterocycles. The van der Waals surface area contributed by atoms with Crippen LogP contribution in [0.3, 0.4) is 0 Å². The topological polar surface area (TPSA) is 66.9 Å². The van der Waals surface area contributed by atoms with E-state index in [0.29, 0.717) is 17.7 Å². The number of aromatic nitrogens is 2. The van der Waals surface area contributed by atoms with E-state index in [1.807, 2.05) is 0 Å². The lowest BCUT2D eigenvalue weighted by molar-refractivity contribution is -0.118. The van der Waals surface area contributed by atoms with E-state index in [-0.39, 0.29) is 16.2 Å². The number of aryl methyl sites for hydroxylation is 2. The Morgan fingerprint density at radius 1 is 1.25 bits per heavy atom. The van der Waals surface area contributed by atoms with Crippen LogP contribution in [0.1, 0.15) is 55.4 Å². The molecule has 0 unspecified atom stereocenters. The number of carbonyl (C=O) groups is 1. The minimum Gasteiger partial charge on any atom is -0.322 e. The fourth-order valence-corrected chi connectivity index (χ4v) is 5.58. The molecule has 0 spiro atoms. The van der Waals surface area contributed by atoms with Crippen molar-refractivity contribution in [3.63, 3.8) is 0 Å². The minimum atomic E-state index is -0.190. The fraction of sp³-hybridized carbons (Fsp3) is 0.588. The van der Waals surface area contributed by atoms with Gasteiger partial charge in [-0.1, -0.05) is 19.3 Å². The van der Waals surface area contributed by atoms with Crippen LogP contribution in [-0.4, -0.2) is 15.6 Å². The van der Waals surface area contributed by atoms with Crippen molar-refractivity contribution >= 4 is 39.7 Å². The average molecular weight is 364 g/mol. The van der Waals surface area contributed by atoms with Gasteiger partial charge in [-0.15, -0.1) is 11.3 Å². The molecule has 5 nitrogen and oxygen atoms in total. The Kier molecular flexibility index (Phi) is 4.30. The van der Waals surface area contributed by atoms with Gasteiger partial charge in [-0.05, 0) is 55.8 Å². The van der Waals surface area contributed by atoms with E-state index in [4.69, 9.17) is 12.2 Å². The number of thiophene rings is 1. The molecule has 128 valence electrons. The molecule has 24 heavy (non-hydrogen) atoms. The molecular weight excluding hydrogens is 342 g/mol. The zero-order valence-corrected chi connectivity index (χ0v) is 15.2. The number of aromatic amines is 1. The Bertz CT molecular complexity index is 903. The van der Waals surface area contributed by atoms with Crippen LogP contribution < -0.4 is 11.0 Å². The second kappa shape index (κ2) is 6.44. The number of hydrogen-bond acceptors (Lipinski definition) is 4. The summed E-state index contributed by atoms with van der Waals surface area (Å²) in [7, 11) is 0. The summed E-state index contributed by atoms with van der Waals surface area (Å²) in [5, 5.41) is 0.707. The van der Waals surface area contributed by atoms with Crippen molar-refractivity contribution in [2.75, 3.05) is 5.43 Å². The molecule has 0 aromatic carbocycles. The molecule has 4 rings (SSSR count). The number of carbonyl (C=O) groups excluding carboxylic acids is 1. The van der Waals surface area contributed by atoms with E-state index in [9.17, 15) is 9.59 Å². The van der Waals surface area contributed by atoms with Crippen LogP contribution in [0.15, 0.2) is 4.79 Å². The van der Waals surface area contributed by atoms with Crippen molar-refractivity contribution in [3.05, 3.63) is 25.6 Å². The molecule has 1 saturated carbocycles. The number of amides is 1. The van der Waals surface area contributed by atoms with E-state index in [1.165, 1.54) is 28.8 Å². The van der Waals surface area contributed by atoms with Gasteiger partial charge in [-0.3, -0.25) is 15.0 Å². The first-order valence-corrected chi connectivity index (χ1v) is 9.95. The second-order valence-electron chi connectivity index (χ2n) is 6.88.